The molecule has 45 heavy (non-hydrogen) atoms. The van der Waals surface area contributed by atoms with E-state index in [-0.39, 0.29) is 28.7 Å². The molecule has 3 aromatic heterocycles. The number of anilines is 1. The fraction of sp³-hybridized carbons (Fsp3) is 0.333. The van der Waals surface area contributed by atoms with Crippen molar-refractivity contribution in [2.75, 3.05) is 5.32 Å². The van der Waals surface area contributed by atoms with Gasteiger partial charge in [0.25, 0.3) is 10.0 Å². The number of aldehydes is 1. The number of amides is 1. The van der Waals surface area contributed by atoms with Crippen LogP contribution < -0.4 is 10.6 Å². The molecular formula is C33H36N6O5S. The zero-order valence-electron chi connectivity index (χ0n) is 25.8. The molecular weight excluding hydrogens is 592 g/mol. The number of ether oxygens (including phenoxy) is 1. The number of alkyl carbamates (subject to hydrolysis) is 1. The van der Waals surface area contributed by atoms with Gasteiger partial charge in [-0.3, -0.25) is 9.48 Å². The lowest BCUT2D eigenvalue weighted by Crippen LogP contribution is -2.50. The second kappa shape index (κ2) is 11.3. The highest BCUT2D eigenvalue weighted by Gasteiger charge is 2.34. The van der Waals surface area contributed by atoms with E-state index in [0.29, 0.717) is 41.3 Å². The first kappa shape index (κ1) is 30.3. The minimum absolute atomic E-state index is 0.0806. The Hall–Kier alpha value is -4.71. The lowest BCUT2D eigenvalue weighted by Gasteiger charge is -2.37. The standard InChI is InChI=1S/C33H36N6O5S/c1-20(2)39-28-12-11-21(13-22(28)17-35-39)27-18-38(45(42,43)26-9-7-6-8-10-26)31-29(27)30(23(19-40)16-34-31)36-24-14-25(15-24)37-32(41)44-33(3,4)5/h6-13,16-20,24-25H,14-15H2,1-5H3,(H,34,36)(H,37,41). The van der Waals surface area contributed by atoms with Gasteiger partial charge < -0.3 is 15.4 Å². The number of nitrogens with one attached hydrogen (secondary N) is 2. The fourth-order valence-corrected chi connectivity index (χ4v) is 7.04. The van der Waals surface area contributed by atoms with Crippen LogP contribution >= 0.6 is 0 Å². The number of nitrogens with zero attached hydrogens (tertiary/aromatic N) is 4. The molecule has 5 aromatic rings. The third kappa shape index (κ3) is 5.77. The maximum atomic E-state index is 14.0. The molecule has 2 aromatic carbocycles. The van der Waals surface area contributed by atoms with E-state index in [9.17, 15) is 18.0 Å². The van der Waals surface area contributed by atoms with Gasteiger partial charge in [-0.2, -0.15) is 5.10 Å². The molecule has 0 saturated heterocycles. The first-order valence-electron chi connectivity index (χ1n) is 14.9. The molecule has 0 spiro atoms. The summed E-state index contributed by atoms with van der Waals surface area (Å²) in [6.07, 6.45) is 6.18. The van der Waals surface area contributed by atoms with E-state index in [1.165, 1.54) is 10.2 Å². The van der Waals surface area contributed by atoms with Crippen LogP contribution in [0.5, 0.6) is 0 Å². The number of pyridine rings is 1. The second-order valence-electron chi connectivity index (χ2n) is 12.7. The molecule has 2 N–H and O–H groups in total. The van der Waals surface area contributed by atoms with E-state index in [1.807, 2.05) is 43.7 Å². The molecule has 1 amide bonds. The topological polar surface area (TPSA) is 137 Å². The molecule has 0 aliphatic heterocycles. The van der Waals surface area contributed by atoms with Crippen LogP contribution in [0, 0.1) is 0 Å². The van der Waals surface area contributed by atoms with Crippen molar-refractivity contribution in [1.82, 2.24) is 24.1 Å². The Morgan fingerprint density at radius 2 is 1.80 bits per heavy atom. The SMILES string of the molecule is CC(C)n1ncc2cc(-c3cn(S(=O)(=O)c4ccccc4)c4ncc(C=O)c(NC5CC(NC(=O)OC(C)(C)C)C5)c34)ccc21. The molecule has 234 valence electrons. The lowest BCUT2D eigenvalue weighted by molar-refractivity contribution is 0.0475. The Bertz CT molecular complexity index is 2020. The Morgan fingerprint density at radius 1 is 1.07 bits per heavy atom. The van der Waals surface area contributed by atoms with Crippen LogP contribution in [-0.2, 0) is 14.8 Å². The highest BCUT2D eigenvalue weighted by atomic mass is 32.2. The number of benzene rings is 2. The summed E-state index contributed by atoms with van der Waals surface area (Å²) in [5.41, 5.74) is 2.70. The summed E-state index contributed by atoms with van der Waals surface area (Å²) in [5, 5.41) is 12.3. The summed E-state index contributed by atoms with van der Waals surface area (Å²) in [7, 11) is -4.04. The molecule has 1 saturated carbocycles. The van der Waals surface area contributed by atoms with Crippen LogP contribution in [0.25, 0.3) is 33.1 Å². The Balaban J connectivity index is 1.45. The third-order valence-corrected chi connectivity index (χ3v) is 9.51. The maximum absolute atomic E-state index is 14.0. The number of rotatable bonds is 8. The van der Waals surface area contributed by atoms with Crippen LogP contribution in [0.2, 0.25) is 0 Å². The molecule has 6 rings (SSSR count). The predicted molar refractivity (Wildman–Crippen MR) is 173 cm³/mol. The van der Waals surface area contributed by atoms with Gasteiger partial charge in [-0.05, 0) is 77.3 Å². The molecule has 11 nitrogen and oxygen atoms in total. The number of hydrogen-bond acceptors (Lipinski definition) is 8. The van der Waals surface area contributed by atoms with Crippen molar-refractivity contribution >= 4 is 50.0 Å². The summed E-state index contributed by atoms with van der Waals surface area (Å²) in [6.45, 7) is 9.54. The second-order valence-corrected chi connectivity index (χ2v) is 14.5. The van der Waals surface area contributed by atoms with Crippen molar-refractivity contribution < 1.29 is 22.7 Å². The van der Waals surface area contributed by atoms with Crippen molar-refractivity contribution in [2.24, 2.45) is 0 Å². The van der Waals surface area contributed by atoms with E-state index < -0.39 is 21.7 Å². The molecule has 12 heteroatoms. The highest BCUT2D eigenvalue weighted by Crippen LogP contribution is 2.40. The predicted octanol–water partition coefficient (Wildman–Crippen LogP) is 6.15. The van der Waals surface area contributed by atoms with Crippen molar-refractivity contribution in [1.29, 1.82) is 0 Å². The van der Waals surface area contributed by atoms with Gasteiger partial charge in [0.15, 0.2) is 11.9 Å². The minimum atomic E-state index is -4.04. The fourth-order valence-electron chi connectivity index (χ4n) is 5.70. The molecule has 0 unspecified atom stereocenters. The number of aromatic nitrogens is 4. The van der Waals surface area contributed by atoms with Gasteiger partial charge in [0.1, 0.15) is 5.60 Å². The number of hydrogen-bond donors (Lipinski definition) is 2. The first-order chi connectivity index (χ1) is 21.4. The molecule has 0 radical (unpaired) electrons. The highest BCUT2D eigenvalue weighted by molar-refractivity contribution is 7.90. The number of carbonyl (C=O) groups is 2. The number of fused-ring (bicyclic) bond motifs is 2. The third-order valence-electron chi connectivity index (χ3n) is 7.84. The van der Waals surface area contributed by atoms with Crippen LogP contribution in [0.4, 0.5) is 10.5 Å². The van der Waals surface area contributed by atoms with Gasteiger partial charge in [0, 0.05) is 41.5 Å². The Kier molecular flexibility index (Phi) is 7.64. The zero-order valence-corrected chi connectivity index (χ0v) is 26.6. The van der Waals surface area contributed by atoms with Crippen LogP contribution in [0.15, 0.2) is 72.0 Å². The summed E-state index contributed by atoms with van der Waals surface area (Å²) in [4.78, 5) is 29.2. The van der Waals surface area contributed by atoms with Gasteiger partial charge in [-0.1, -0.05) is 24.3 Å². The monoisotopic (exact) mass is 628 g/mol. The van der Waals surface area contributed by atoms with Crippen molar-refractivity contribution in [3.8, 4) is 11.1 Å². The lowest BCUT2D eigenvalue weighted by atomic mass is 9.86. The molecule has 3 heterocycles. The van der Waals surface area contributed by atoms with Gasteiger partial charge in [0.2, 0.25) is 0 Å². The summed E-state index contributed by atoms with van der Waals surface area (Å²) in [5.74, 6) is 0. The van der Waals surface area contributed by atoms with Gasteiger partial charge in [-0.15, -0.1) is 0 Å². The Morgan fingerprint density at radius 3 is 2.47 bits per heavy atom. The summed E-state index contributed by atoms with van der Waals surface area (Å²) in [6, 6.07) is 14.0. The minimum Gasteiger partial charge on any atom is -0.444 e. The average molecular weight is 629 g/mol. The van der Waals surface area contributed by atoms with Crippen LogP contribution in [0.3, 0.4) is 0 Å². The van der Waals surface area contributed by atoms with Gasteiger partial charge in [-0.25, -0.2) is 22.2 Å². The van der Waals surface area contributed by atoms with Gasteiger partial charge >= 0.3 is 6.09 Å². The molecule has 1 aliphatic rings. The molecule has 1 fully saturated rings. The molecule has 1 aliphatic carbocycles. The average Bonchev–Trinajstić information content (AvgIpc) is 3.58. The maximum Gasteiger partial charge on any atom is 0.407 e. The van der Waals surface area contributed by atoms with E-state index in [2.05, 4.69) is 34.6 Å². The first-order valence-corrected chi connectivity index (χ1v) is 16.3. The normalized spacial score (nSPS) is 16.9. The number of carbonyl (C=O) groups excluding carboxylic acids is 2. The molecule has 0 atom stereocenters. The Labute approximate surface area is 261 Å². The zero-order chi connectivity index (χ0) is 32.1. The quantitative estimate of drug-likeness (QED) is 0.195. The van der Waals surface area contributed by atoms with E-state index in [4.69, 9.17) is 4.74 Å². The van der Waals surface area contributed by atoms with Crippen molar-refractivity contribution in [2.45, 2.75) is 76.1 Å². The van der Waals surface area contributed by atoms with Crippen molar-refractivity contribution in [3.63, 3.8) is 0 Å². The van der Waals surface area contributed by atoms with E-state index in [0.717, 1.165) is 16.5 Å². The smallest absolute Gasteiger partial charge is 0.407 e. The van der Waals surface area contributed by atoms with Crippen LogP contribution in [-0.4, -0.2) is 57.2 Å². The largest absolute Gasteiger partial charge is 0.444 e. The van der Waals surface area contributed by atoms with E-state index in [1.54, 1.807) is 42.7 Å². The van der Waals surface area contributed by atoms with Crippen LogP contribution in [0.1, 0.15) is 63.9 Å². The summed E-state index contributed by atoms with van der Waals surface area (Å²) < 4.78 is 36.4. The van der Waals surface area contributed by atoms with Gasteiger partial charge in [0.05, 0.1) is 33.2 Å². The van der Waals surface area contributed by atoms with Crippen molar-refractivity contribution in [3.05, 3.63) is 72.7 Å². The summed E-state index contributed by atoms with van der Waals surface area (Å²) >= 11 is 0. The molecule has 0 bridgehead atoms. The van der Waals surface area contributed by atoms with E-state index >= 15 is 0 Å².